The number of carbonyl (C=O) groups is 2. The SMILES string of the molecule is CC1=C2C3=C(CC[C@@]2(C)C=CC1=O)[C@H](C)C(=O)O3. The van der Waals surface area contributed by atoms with Gasteiger partial charge in [0, 0.05) is 16.6 Å². The van der Waals surface area contributed by atoms with Gasteiger partial charge in [-0.2, -0.15) is 0 Å². The van der Waals surface area contributed by atoms with Crippen molar-refractivity contribution in [2.75, 3.05) is 0 Å². The number of hydrogen-bond donors (Lipinski definition) is 0. The summed E-state index contributed by atoms with van der Waals surface area (Å²) in [7, 11) is 0. The monoisotopic (exact) mass is 244 g/mol. The number of ketones is 1. The van der Waals surface area contributed by atoms with E-state index >= 15 is 0 Å². The first-order valence-corrected chi connectivity index (χ1v) is 6.34. The first-order valence-electron chi connectivity index (χ1n) is 6.34. The molecule has 0 N–H and O–H groups in total. The van der Waals surface area contributed by atoms with Crippen LogP contribution in [0.25, 0.3) is 0 Å². The summed E-state index contributed by atoms with van der Waals surface area (Å²) in [6, 6.07) is 0. The fraction of sp³-hybridized carbons (Fsp3) is 0.467. The van der Waals surface area contributed by atoms with Crippen LogP contribution in [-0.2, 0) is 14.3 Å². The van der Waals surface area contributed by atoms with Crippen molar-refractivity contribution in [3.63, 3.8) is 0 Å². The van der Waals surface area contributed by atoms with E-state index in [0.29, 0.717) is 11.3 Å². The van der Waals surface area contributed by atoms with E-state index in [-0.39, 0.29) is 23.1 Å². The van der Waals surface area contributed by atoms with Crippen LogP contribution in [0.15, 0.2) is 34.6 Å². The first kappa shape index (κ1) is 11.5. The highest BCUT2D eigenvalue weighted by molar-refractivity contribution is 6.06. The molecule has 1 aliphatic heterocycles. The topological polar surface area (TPSA) is 43.4 Å². The average Bonchev–Trinajstić information content (AvgIpc) is 2.60. The van der Waals surface area contributed by atoms with E-state index in [4.69, 9.17) is 4.74 Å². The van der Waals surface area contributed by atoms with Crippen LogP contribution < -0.4 is 0 Å². The molecule has 0 saturated carbocycles. The fourth-order valence-electron chi connectivity index (χ4n) is 3.19. The summed E-state index contributed by atoms with van der Waals surface area (Å²) in [6.07, 6.45) is 5.40. The molecule has 0 radical (unpaired) electrons. The number of fused-ring (bicyclic) bond motifs is 2. The zero-order valence-corrected chi connectivity index (χ0v) is 10.9. The minimum absolute atomic E-state index is 0.0202. The van der Waals surface area contributed by atoms with Crippen LogP contribution in [0.3, 0.4) is 0 Å². The predicted octanol–water partition coefficient (Wildman–Crippen LogP) is 2.69. The predicted molar refractivity (Wildman–Crippen MR) is 66.5 cm³/mol. The van der Waals surface area contributed by atoms with E-state index in [1.807, 2.05) is 19.9 Å². The maximum absolute atomic E-state index is 11.8. The lowest BCUT2D eigenvalue weighted by Gasteiger charge is -2.37. The quantitative estimate of drug-likeness (QED) is 0.615. The molecule has 2 aliphatic carbocycles. The molecule has 0 unspecified atom stereocenters. The third kappa shape index (κ3) is 1.30. The summed E-state index contributed by atoms with van der Waals surface area (Å²) >= 11 is 0. The molecule has 3 heteroatoms. The second-order valence-corrected chi connectivity index (χ2v) is 5.61. The second-order valence-electron chi connectivity index (χ2n) is 5.61. The lowest BCUT2D eigenvalue weighted by atomic mass is 9.66. The second kappa shape index (κ2) is 3.44. The Labute approximate surface area is 106 Å². The highest BCUT2D eigenvalue weighted by atomic mass is 16.5. The Morgan fingerprint density at radius 1 is 1.39 bits per heavy atom. The van der Waals surface area contributed by atoms with Crippen LogP contribution in [0.4, 0.5) is 0 Å². The van der Waals surface area contributed by atoms with Crippen molar-refractivity contribution in [3.05, 3.63) is 34.6 Å². The molecule has 0 saturated heterocycles. The summed E-state index contributed by atoms with van der Waals surface area (Å²) in [5.41, 5.74) is 2.54. The minimum Gasteiger partial charge on any atom is -0.426 e. The number of carbonyl (C=O) groups excluding carboxylic acids is 2. The molecular weight excluding hydrogens is 228 g/mol. The number of allylic oxidation sites excluding steroid dienone is 4. The third-order valence-corrected chi connectivity index (χ3v) is 4.43. The third-order valence-electron chi connectivity index (χ3n) is 4.43. The highest BCUT2D eigenvalue weighted by Gasteiger charge is 2.45. The van der Waals surface area contributed by atoms with Crippen molar-refractivity contribution in [1.82, 2.24) is 0 Å². The van der Waals surface area contributed by atoms with Gasteiger partial charge in [-0.25, -0.2) is 0 Å². The largest absolute Gasteiger partial charge is 0.426 e. The summed E-state index contributed by atoms with van der Waals surface area (Å²) in [6.45, 7) is 5.81. The van der Waals surface area contributed by atoms with Crippen LogP contribution in [0.1, 0.15) is 33.6 Å². The van der Waals surface area contributed by atoms with Gasteiger partial charge in [0.15, 0.2) is 5.78 Å². The minimum atomic E-state index is -0.188. The van der Waals surface area contributed by atoms with Gasteiger partial charge in [0.2, 0.25) is 0 Å². The lowest BCUT2D eigenvalue weighted by molar-refractivity contribution is -0.139. The number of rotatable bonds is 0. The molecule has 0 aromatic carbocycles. The van der Waals surface area contributed by atoms with Gasteiger partial charge in [-0.15, -0.1) is 0 Å². The van der Waals surface area contributed by atoms with E-state index in [9.17, 15) is 9.59 Å². The molecule has 3 rings (SSSR count). The molecule has 94 valence electrons. The van der Waals surface area contributed by atoms with E-state index in [1.54, 1.807) is 6.08 Å². The molecule has 0 aromatic heterocycles. The van der Waals surface area contributed by atoms with Crippen molar-refractivity contribution in [2.45, 2.75) is 33.6 Å². The Morgan fingerprint density at radius 2 is 2.11 bits per heavy atom. The molecule has 0 spiro atoms. The molecule has 0 amide bonds. The summed E-state index contributed by atoms with van der Waals surface area (Å²) in [5.74, 6) is 0.348. The molecule has 0 fully saturated rings. The lowest BCUT2D eigenvalue weighted by Crippen LogP contribution is -2.28. The maximum atomic E-state index is 11.8. The van der Waals surface area contributed by atoms with Crippen LogP contribution in [-0.4, -0.2) is 11.8 Å². The molecule has 18 heavy (non-hydrogen) atoms. The summed E-state index contributed by atoms with van der Waals surface area (Å²) in [4.78, 5) is 23.6. The summed E-state index contributed by atoms with van der Waals surface area (Å²) in [5, 5.41) is 0. The van der Waals surface area contributed by atoms with Gasteiger partial charge in [0.1, 0.15) is 5.76 Å². The first-order chi connectivity index (χ1) is 8.44. The van der Waals surface area contributed by atoms with Crippen LogP contribution in [0.2, 0.25) is 0 Å². The van der Waals surface area contributed by atoms with Crippen molar-refractivity contribution in [3.8, 4) is 0 Å². The van der Waals surface area contributed by atoms with E-state index in [0.717, 1.165) is 24.0 Å². The van der Waals surface area contributed by atoms with E-state index in [1.165, 1.54) is 0 Å². The van der Waals surface area contributed by atoms with Crippen molar-refractivity contribution in [1.29, 1.82) is 0 Å². The van der Waals surface area contributed by atoms with Crippen LogP contribution >= 0.6 is 0 Å². The summed E-state index contributed by atoms with van der Waals surface area (Å²) < 4.78 is 5.43. The van der Waals surface area contributed by atoms with Gasteiger partial charge < -0.3 is 4.74 Å². The number of hydrogen-bond acceptors (Lipinski definition) is 3. The molecule has 1 heterocycles. The van der Waals surface area contributed by atoms with Gasteiger partial charge >= 0.3 is 5.97 Å². The molecule has 3 nitrogen and oxygen atoms in total. The Morgan fingerprint density at radius 3 is 2.83 bits per heavy atom. The number of ether oxygens (including phenoxy) is 1. The number of esters is 1. The Balaban J connectivity index is 2.21. The molecular formula is C15H16O3. The maximum Gasteiger partial charge on any atom is 0.318 e. The van der Waals surface area contributed by atoms with Crippen LogP contribution in [0.5, 0.6) is 0 Å². The normalized spacial score (nSPS) is 34.7. The van der Waals surface area contributed by atoms with E-state index in [2.05, 4.69) is 6.92 Å². The van der Waals surface area contributed by atoms with Gasteiger partial charge in [0.05, 0.1) is 5.92 Å². The average molecular weight is 244 g/mol. The molecule has 0 aromatic rings. The van der Waals surface area contributed by atoms with E-state index < -0.39 is 0 Å². The zero-order chi connectivity index (χ0) is 13.1. The highest BCUT2D eigenvalue weighted by Crippen LogP contribution is 2.52. The van der Waals surface area contributed by atoms with Gasteiger partial charge in [0.25, 0.3) is 0 Å². The zero-order valence-electron chi connectivity index (χ0n) is 10.9. The standard InChI is InChI=1S/C15H16O3/c1-8-10-4-6-15(3)7-5-11(16)9(2)12(15)13(10)18-14(8)17/h5,7-8H,4,6H2,1-3H3/t8-,15-/m0/s1. The van der Waals surface area contributed by atoms with Gasteiger partial charge in [-0.3, -0.25) is 9.59 Å². The Hall–Kier alpha value is -1.64. The van der Waals surface area contributed by atoms with Crippen molar-refractivity contribution >= 4 is 11.8 Å². The molecule has 2 atom stereocenters. The van der Waals surface area contributed by atoms with Gasteiger partial charge in [-0.1, -0.05) is 13.0 Å². The Kier molecular flexibility index (Phi) is 2.19. The smallest absolute Gasteiger partial charge is 0.318 e. The van der Waals surface area contributed by atoms with Gasteiger partial charge in [-0.05, 0) is 38.3 Å². The van der Waals surface area contributed by atoms with Crippen molar-refractivity contribution < 1.29 is 14.3 Å². The van der Waals surface area contributed by atoms with Crippen LogP contribution in [0, 0.1) is 11.3 Å². The Bertz CT molecular complexity index is 562. The van der Waals surface area contributed by atoms with Crippen molar-refractivity contribution in [2.24, 2.45) is 11.3 Å². The fourth-order valence-corrected chi connectivity index (χ4v) is 3.19. The molecule has 0 bridgehead atoms. The molecule has 3 aliphatic rings.